The molecule has 0 saturated carbocycles. The highest BCUT2D eigenvalue weighted by Gasteiger charge is 2.48. The van der Waals surface area contributed by atoms with E-state index in [0.717, 1.165) is 11.3 Å². The average molecular weight is 582 g/mol. The number of carboxylic acid groups (broad SMARTS) is 1. The minimum atomic E-state index is -2.32. The summed E-state index contributed by atoms with van der Waals surface area (Å²) in [6, 6.07) is 6.81. The summed E-state index contributed by atoms with van der Waals surface area (Å²) < 4.78 is 17.7. The molecule has 0 aromatic heterocycles. The van der Waals surface area contributed by atoms with Gasteiger partial charge in [0.15, 0.2) is 0 Å². The maximum absolute atomic E-state index is 12.3. The third kappa shape index (κ3) is 10.7. The summed E-state index contributed by atoms with van der Waals surface area (Å²) in [5, 5.41) is 23.3. The predicted octanol–water partition coefficient (Wildman–Crippen LogP) is 6.94. The summed E-state index contributed by atoms with van der Waals surface area (Å²) in [4.78, 5) is 24.2. The number of nitrogens with one attached hydrogen (secondary N) is 1. The van der Waals surface area contributed by atoms with E-state index in [0.29, 0.717) is 35.9 Å². The molecule has 0 bridgehead atoms. The highest BCUT2D eigenvalue weighted by atomic mass is 28.4. The Labute approximate surface area is 243 Å². The summed E-state index contributed by atoms with van der Waals surface area (Å²) in [6.07, 6.45) is 0.183. The van der Waals surface area contributed by atoms with Gasteiger partial charge < -0.3 is 29.4 Å². The molecule has 4 unspecified atom stereocenters. The van der Waals surface area contributed by atoms with Gasteiger partial charge in [-0.3, -0.25) is 0 Å². The summed E-state index contributed by atoms with van der Waals surface area (Å²) in [5.74, 6) is -0.397. The van der Waals surface area contributed by atoms with Crippen molar-refractivity contribution in [3.8, 4) is 5.75 Å². The lowest BCUT2D eigenvalue weighted by Crippen LogP contribution is -2.54. The standard InChI is InChI=1S/C31H55NO7Si/c1-20(2)40(21(3)4,22(5)6)39-28(23(7)33)25(19-24-15-17-26(37-11)18-16-24)13-12-14-27(29(34)35)32-30(36)38-31(8,9)10/h15-18,20-23,25,27-28,33H,12-14,19H2,1-11H3,(H,32,36)(H,34,35). The van der Waals surface area contributed by atoms with Crippen molar-refractivity contribution in [2.45, 2.75) is 135 Å². The quantitative estimate of drug-likeness (QED) is 0.181. The molecular weight excluding hydrogens is 526 g/mol. The third-order valence-corrected chi connectivity index (χ3v) is 13.8. The zero-order chi connectivity index (χ0) is 30.8. The summed E-state index contributed by atoms with van der Waals surface area (Å²) in [7, 11) is -0.687. The lowest BCUT2D eigenvalue weighted by atomic mass is 9.86. The third-order valence-electron chi connectivity index (χ3n) is 7.70. The second-order valence-corrected chi connectivity index (χ2v) is 18.3. The van der Waals surface area contributed by atoms with E-state index in [4.69, 9.17) is 13.9 Å². The van der Waals surface area contributed by atoms with Crippen LogP contribution in [0.1, 0.15) is 94.1 Å². The van der Waals surface area contributed by atoms with Gasteiger partial charge in [0.25, 0.3) is 0 Å². The smallest absolute Gasteiger partial charge is 0.408 e. The fourth-order valence-electron chi connectivity index (χ4n) is 5.97. The fraction of sp³-hybridized carbons (Fsp3) is 0.742. The number of alkyl carbamates (subject to hydrolysis) is 1. The molecule has 1 aromatic carbocycles. The van der Waals surface area contributed by atoms with E-state index in [1.165, 1.54) is 0 Å². The number of hydrogen-bond acceptors (Lipinski definition) is 6. The number of hydrogen-bond donors (Lipinski definition) is 3. The lowest BCUT2D eigenvalue weighted by Gasteiger charge is -2.47. The van der Waals surface area contributed by atoms with Gasteiger partial charge >= 0.3 is 12.1 Å². The van der Waals surface area contributed by atoms with E-state index in [9.17, 15) is 19.8 Å². The van der Waals surface area contributed by atoms with Gasteiger partial charge in [-0.15, -0.1) is 0 Å². The molecule has 8 nitrogen and oxygen atoms in total. The van der Waals surface area contributed by atoms with Crippen molar-refractivity contribution in [1.29, 1.82) is 0 Å². The van der Waals surface area contributed by atoms with Gasteiger partial charge in [-0.05, 0) is 87.2 Å². The molecule has 0 radical (unpaired) electrons. The molecule has 3 N–H and O–H groups in total. The first-order valence-electron chi connectivity index (χ1n) is 14.7. The first-order valence-corrected chi connectivity index (χ1v) is 16.8. The molecule has 0 heterocycles. The lowest BCUT2D eigenvalue weighted by molar-refractivity contribution is -0.139. The van der Waals surface area contributed by atoms with E-state index in [1.54, 1.807) is 34.8 Å². The Kier molecular flexibility index (Phi) is 14.2. The molecule has 9 heteroatoms. The van der Waals surface area contributed by atoms with Crippen molar-refractivity contribution < 1.29 is 33.7 Å². The molecule has 0 spiro atoms. The van der Waals surface area contributed by atoms with E-state index < -0.39 is 44.2 Å². The summed E-state index contributed by atoms with van der Waals surface area (Å²) in [6.45, 7) is 20.3. The molecular formula is C31H55NO7Si. The summed E-state index contributed by atoms with van der Waals surface area (Å²) >= 11 is 0. The van der Waals surface area contributed by atoms with Crippen LogP contribution in [0.4, 0.5) is 4.79 Å². The Hall–Kier alpha value is -2.10. The topological polar surface area (TPSA) is 114 Å². The maximum Gasteiger partial charge on any atom is 0.408 e. The number of amides is 1. The molecule has 1 amide bonds. The number of benzene rings is 1. The van der Waals surface area contributed by atoms with Crippen molar-refractivity contribution in [2.75, 3.05) is 7.11 Å². The molecule has 0 saturated heterocycles. The highest BCUT2D eigenvalue weighted by molar-refractivity contribution is 6.77. The second-order valence-electron chi connectivity index (χ2n) is 12.9. The van der Waals surface area contributed by atoms with Gasteiger partial charge in [0, 0.05) is 0 Å². The Morgan fingerprint density at radius 1 is 0.925 bits per heavy atom. The van der Waals surface area contributed by atoms with Crippen LogP contribution in [0, 0.1) is 5.92 Å². The molecule has 230 valence electrons. The van der Waals surface area contributed by atoms with Crippen LogP contribution in [0.25, 0.3) is 0 Å². The zero-order valence-electron chi connectivity index (χ0n) is 26.6. The number of carboxylic acids is 1. The number of methoxy groups -OCH3 is 1. The number of aliphatic hydroxyl groups is 1. The van der Waals surface area contributed by atoms with Gasteiger partial charge in [-0.25, -0.2) is 9.59 Å². The normalized spacial score (nSPS) is 15.6. The Morgan fingerprint density at radius 2 is 1.45 bits per heavy atom. The van der Waals surface area contributed by atoms with Crippen LogP contribution in [-0.2, 0) is 20.4 Å². The van der Waals surface area contributed by atoms with E-state index >= 15 is 0 Å². The van der Waals surface area contributed by atoms with Crippen molar-refractivity contribution >= 4 is 20.4 Å². The number of aliphatic carboxylic acids is 1. The van der Waals surface area contributed by atoms with E-state index in [-0.39, 0.29) is 12.3 Å². The molecule has 4 atom stereocenters. The molecule has 0 aliphatic carbocycles. The molecule has 40 heavy (non-hydrogen) atoms. The van der Waals surface area contributed by atoms with Crippen LogP contribution in [0.5, 0.6) is 5.75 Å². The number of ether oxygens (including phenoxy) is 2. The SMILES string of the molecule is COc1ccc(CC(CCCC(NC(=O)OC(C)(C)C)C(=O)O)C(O[Si](C(C)C)(C(C)C)C(C)C)C(C)O)cc1. The van der Waals surface area contributed by atoms with Gasteiger partial charge in [0.05, 0.1) is 19.3 Å². The Morgan fingerprint density at radius 3 is 1.85 bits per heavy atom. The molecule has 1 rings (SSSR count). The first-order chi connectivity index (χ1) is 18.4. The largest absolute Gasteiger partial charge is 0.497 e. The zero-order valence-corrected chi connectivity index (χ0v) is 27.6. The van der Waals surface area contributed by atoms with E-state index in [2.05, 4.69) is 46.9 Å². The number of carbonyl (C=O) groups excluding carboxylic acids is 1. The van der Waals surface area contributed by atoms with Crippen LogP contribution >= 0.6 is 0 Å². The molecule has 0 aliphatic heterocycles. The Bertz CT molecular complexity index is 887. The van der Waals surface area contributed by atoms with Gasteiger partial charge in [-0.2, -0.15) is 0 Å². The van der Waals surface area contributed by atoms with Crippen LogP contribution in [0.2, 0.25) is 16.6 Å². The van der Waals surface area contributed by atoms with Crippen LogP contribution in [0.3, 0.4) is 0 Å². The molecule has 0 fully saturated rings. The van der Waals surface area contributed by atoms with Crippen LogP contribution < -0.4 is 10.1 Å². The Balaban J connectivity index is 3.28. The predicted molar refractivity (Wildman–Crippen MR) is 162 cm³/mol. The number of rotatable bonds is 16. The minimum absolute atomic E-state index is 0.0625. The van der Waals surface area contributed by atoms with Gasteiger partial charge in [0.1, 0.15) is 17.4 Å². The van der Waals surface area contributed by atoms with E-state index in [1.807, 2.05) is 24.3 Å². The van der Waals surface area contributed by atoms with Gasteiger partial charge in [0.2, 0.25) is 8.32 Å². The minimum Gasteiger partial charge on any atom is -0.497 e. The molecule has 1 aromatic rings. The van der Waals surface area contributed by atoms with Crippen molar-refractivity contribution in [1.82, 2.24) is 5.32 Å². The van der Waals surface area contributed by atoms with Crippen molar-refractivity contribution in [3.63, 3.8) is 0 Å². The fourth-order valence-corrected chi connectivity index (χ4v) is 11.6. The summed E-state index contributed by atoms with van der Waals surface area (Å²) in [5.41, 5.74) is 1.42. The molecule has 0 aliphatic rings. The first kappa shape index (κ1) is 35.9. The average Bonchev–Trinajstić information content (AvgIpc) is 2.81. The van der Waals surface area contributed by atoms with Crippen LogP contribution in [0.15, 0.2) is 24.3 Å². The maximum atomic E-state index is 12.3. The number of aliphatic hydroxyl groups excluding tert-OH is 1. The number of carbonyl (C=O) groups is 2. The van der Waals surface area contributed by atoms with Crippen LogP contribution in [-0.4, -0.2) is 61.6 Å². The van der Waals surface area contributed by atoms with Gasteiger partial charge in [-0.1, -0.05) is 60.1 Å². The monoisotopic (exact) mass is 581 g/mol. The highest BCUT2D eigenvalue weighted by Crippen LogP contribution is 2.44. The second kappa shape index (κ2) is 15.8. The van der Waals surface area contributed by atoms with Crippen molar-refractivity contribution in [2.24, 2.45) is 5.92 Å². The van der Waals surface area contributed by atoms with Crippen molar-refractivity contribution in [3.05, 3.63) is 29.8 Å².